The van der Waals surface area contributed by atoms with Crippen LogP contribution in [0.2, 0.25) is 0 Å². The summed E-state index contributed by atoms with van der Waals surface area (Å²) in [5.41, 5.74) is -0.298. The van der Waals surface area contributed by atoms with Crippen LogP contribution in [0.5, 0.6) is 0 Å². The molecule has 1 heterocycles. The first-order valence-electron chi connectivity index (χ1n) is 12.7. The van der Waals surface area contributed by atoms with Crippen LogP contribution in [-0.2, 0) is 9.53 Å². The van der Waals surface area contributed by atoms with Gasteiger partial charge in [-0.15, -0.1) is 0 Å². The zero-order valence-electron chi connectivity index (χ0n) is 19.9. The van der Waals surface area contributed by atoms with Crippen molar-refractivity contribution in [3.05, 3.63) is 12.2 Å². The fourth-order valence-corrected chi connectivity index (χ4v) is 4.39. The number of nitrogens with two attached hydrogens (primary N) is 1. The van der Waals surface area contributed by atoms with E-state index in [9.17, 15) is 4.79 Å². The number of carbonyl (C=O) groups is 1. The molecule has 3 heteroatoms. The van der Waals surface area contributed by atoms with E-state index in [1.807, 2.05) is 0 Å². The van der Waals surface area contributed by atoms with Crippen molar-refractivity contribution in [3.8, 4) is 0 Å². The molecule has 0 aromatic rings. The van der Waals surface area contributed by atoms with Crippen LogP contribution < -0.4 is 5.32 Å². The van der Waals surface area contributed by atoms with Crippen LogP contribution in [0.15, 0.2) is 12.2 Å². The highest BCUT2D eigenvalue weighted by atomic mass is 16.6. The molecule has 1 aliphatic rings. The second-order valence-corrected chi connectivity index (χ2v) is 9.55. The summed E-state index contributed by atoms with van der Waals surface area (Å²) in [7, 11) is 0. The lowest BCUT2D eigenvalue weighted by Crippen LogP contribution is -2.86. The first kappa shape index (κ1) is 26.2. The molecule has 1 fully saturated rings. The van der Waals surface area contributed by atoms with E-state index < -0.39 is 0 Å². The molecular weight excluding hydrogens is 358 g/mol. The lowest BCUT2D eigenvalue weighted by Gasteiger charge is -2.35. The second-order valence-electron chi connectivity index (χ2n) is 9.55. The average Bonchev–Trinajstić information content (AvgIpc) is 2.71. The minimum Gasteiger partial charge on any atom is -0.459 e. The van der Waals surface area contributed by atoms with Gasteiger partial charge in [0.25, 0.3) is 0 Å². The lowest BCUT2D eigenvalue weighted by molar-refractivity contribution is -0.665. The fourth-order valence-electron chi connectivity index (χ4n) is 4.39. The van der Waals surface area contributed by atoms with Crippen molar-refractivity contribution < 1.29 is 14.8 Å². The Morgan fingerprint density at radius 1 is 0.862 bits per heavy atom. The Bertz CT molecular complexity index is 424. The Morgan fingerprint density at radius 3 is 1.97 bits per heavy atom. The van der Waals surface area contributed by atoms with Crippen LogP contribution >= 0.6 is 0 Å². The second kappa shape index (κ2) is 16.9. The van der Waals surface area contributed by atoms with E-state index in [4.69, 9.17) is 4.74 Å². The van der Waals surface area contributed by atoms with Crippen LogP contribution in [-0.4, -0.2) is 24.7 Å². The maximum atomic E-state index is 12.2. The van der Waals surface area contributed by atoms with Gasteiger partial charge in [0, 0.05) is 25.2 Å². The smallest absolute Gasteiger partial charge is 0.306 e. The summed E-state index contributed by atoms with van der Waals surface area (Å²) in [5.74, 6) is 0.521. The molecular formula is C26H50NO2+. The van der Waals surface area contributed by atoms with Crippen LogP contribution in [0.3, 0.4) is 0 Å². The molecule has 0 unspecified atom stereocenters. The third-order valence-electron chi connectivity index (χ3n) is 6.44. The summed E-state index contributed by atoms with van der Waals surface area (Å²) < 4.78 is 5.83. The Morgan fingerprint density at radius 2 is 1.38 bits per heavy atom. The van der Waals surface area contributed by atoms with Crippen molar-refractivity contribution in [3.63, 3.8) is 0 Å². The predicted molar refractivity (Wildman–Crippen MR) is 124 cm³/mol. The monoisotopic (exact) mass is 408 g/mol. The molecule has 0 aromatic heterocycles. The SMILES string of the molecule is CCCCCCCC/C=C/CCCCCCCC(=O)OC(C)(C)C1CC[NH2+]CC1. The van der Waals surface area contributed by atoms with Gasteiger partial charge in [-0.3, -0.25) is 4.79 Å². The van der Waals surface area contributed by atoms with Crippen molar-refractivity contribution in [2.75, 3.05) is 13.1 Å². The summed E-state index contributed by atoms with van der Waals surface area (Å²) in [6.45, 7) is 8.80. The van der Waals surface area contributed by atoms with E-state index in [0.717, 1.165) is 25.7 Å². The number of hydrogen-bond acceptors (Lipinski definition) is 2. The maximum absolute atomic E-state index is 12.2. The molecule has 0 bridgehead atoms. The van der Waals surface area contributed by atoms with Crippen LogP contribution in [0.1, 0.15) is 124 Å². The average molecular weight is 409 g/mol. The minimum atomic E-state index is -0.298. The number of piperidine rings is 1. The third-order valence-corrected chi connectivity index (χ3v) is 6.44. The molecule has 170 valence electrons. The zero-order chi connectivity index (χ0) is 21.2. The van der Waals surface area contributed by atoms with Crippen LogP contribution in [0.25, 0.3) is 0 Å². The van der Waals surface area contributed by atoms with E-state index in [1.165, 1.54) is 83.7 Å². The van der Waals surface area contributed by atoms with Gasteiger partial charge in [-0.1, -0.05) is 70.4 Å². The number of hydrogen-bond donors (Lipinski definition) is 1. The van der Waals surface area contributed by atoms with E-state index in [1.54, 1.807) is 0 Å². The molecule has 0 spiro atoms. The molecule has 0 atom stereocenters. The summed E-state index contributed by atoms with van der Waals surface area (Å²) in [4.78, 5) is 12.2. The fraction of sp³-hybridized carbons (Fsp3) is 0.885. The molecule has 0 saturated carbocycles. The van der Waals surface area contributed by atoms with Gasteiger partial charge >= 0.3 is 5.97 Å². The molecule has 0 aromatic carbocycles. The molecule has 29 heavy (non-hydrogen) atoms. The Kier molecular flexibility index (Phi) is 15.3. The number of ether oxygens (including phenoxy) is 1. The van der Waals surface area contributed by atoms with Gasteiger partial charge in [0.15, 0.2) is 0 Å². The molecule has 1 aliphatic heterocycles. The number of rotatable bonds is 17. The Hall–Kier alpha value is -0.830. The number of allylic oxidation sites excluding steroid dienone is 2. The van der Waals surface area contributed by atoms with E-state index in [0.29, 0.717) is 12.3 Å². The van der Waals surface area contributed by atoms with Gasteiger partial charge in [0.1, 0.15) is 5.60 Å². The summed E-state index contributed by atoms with van der Waals surface area (Å²) in [5, 5.41) is 2.36. The lowest BCUT2D eigenvalue weighted by atomic mass is 9.83. The van der Waals surface area contributed by atoms with Crippen molar-refractivity contribution >= 4 is 5.97 Å². The van der Waals surface area contributed by atoms with E-state index in [-0.39, 0.29) is 11.6 Å². The Labute approximate surface area is 181 Å². The van der Waals surface area contributed by atoms with Crippen LogP contribution in [0, 0.1) is 5.92 Å². The summed E-state index contributed by atoms with van der Waals surface area (Å²) in [6.07, 6.45) is 24.3. The van der Waals surface area contributed by atoms with Crippen LogP contribution in [0.4, 0.5) is 0 Å². The maximum Gasteiger partial charge on any atom is 0.306 e. The van der Waals surface area contributed by atoms with Gasteiger partial charge in [0.2, 0.25) is 0 Å². The first-order valence-corrected chi connectivity index (χ1v) is 12.7. The highest BCUT2D eigenvalue weighted by Gasteiger charge is 2.35. The van der Waals surface area contributed by atoms with Gasteiger partial charge in [-0.25, -0.2) is 0 Å². The van der Waals surface area contributed by atoms with Crippen molar-refractivity contribution in [1.82, 2.24) is 0 Å². The topological polar surface area (TPSA) is 42.9 Å². The molecule has 0 amide bonds. The molecule has 2 N–H and O–H groups in total. The standard InChI is InChI=1S/C26H49NO2/c1-4-5-6-7-8-9-10-11-12-13-14-15-16-17-18-19-25(28)29-26(2,3)24-20-22-27-23-21-24/h11-12,24,27H,4-10,13-23H2,1-3H3/p+1/b12-11+. The van der Waals surface area contributed by atoms with Gasteiger partial charge in [0.05, 0.1) is 13.1 Å². The quantitative estimate of drug-likeness (QED) is 0.174. The normalized spacial score (nSPS) is 15.8. The number of unbranched alkanes of at least 4 members (excludes halogenated alkanes) is 11. The largest absolute Gasteiger partial charge is 0.459 e. The summed E-state index contributed by atoms with van der Waals surface area (Å²) >= 11 is 0. The molecule has 1 saturated heterocycles. The molecule has 0 aliphatic carbocycles. The van der Waals surface area contributed by atoms with E-state index >= 15 is 0 Å². The molecule has 3 nitrogen and oxygen atoms in total. The van der Waals surface area contributed by atoms with E-state index in [2.05, 4.69) is 38.2 Å². The van der Waals surface area contributed by atoms with Gasteiger partial charge in [-0.05, 0) is 46.0 Å². The van der Waals surface area contributed by atoms with Gasteiger partial charge in [-0.2, -0.15) is 0 Å². The predicted octanol–water partition coefficient (Wildman–Crippen LogP) is 6.32. The highest BCUT2D eigenvalue weighted by Crippen LogP contribution is 2.28. The first-order chi connectivity index (χ1) is 14.1. The molecule has 1 rings (SSSR count). The number of carbonyl (C=O) groups excluding carboxylic acids is 1. The Balaban J connectivity index is 1.91. The number of quaternary nitrogens is 1. The number of esters is 1. The van der Waals surface area contributed by atoms with Crippen molar-refractivity contribution in [1.29, 1.82) is 0 Å². The van der Waals surface area contributed by atoms with Crippen molar-refractivity contribution in [2.24, 2.45) is 5.92 Å². The van der Waals surface area contributed by atoms with Gasteiger partial charge < -0.3 is 10.1 Å². The zero-order valence-corrected chi connectivity index (χ0v) is 19.9. The third kappa shape index (κ3) is 13.9. The minimum absolute atomic E-state index is 0.00202. The summed E-state index contributed by atoms with van der Waals surface area (Å²) in [6, 6.07) is 0. The van der Waals surface area contributed by atoms with Crippen molar-refractivity contribution in [2.45, 2.75) is 129 Å². The highest BCUT2D eigenvalue weighted by molar-refractivity contribution is 5.69. The molecule has 0 radical (unpaired) electrons.